The normalized spacial score (nSPS) is 9.33. The van der Waals surface area contributed by atoms with Crippen molar-refractivity contribution in [1.82, 2.24) is 0 Å². The zero-order valence-corrected chi connectivity index (χ0v) is 9.55. The van der Waals surface area contributed by atoms with Gasteiger partial charge in [0.2, 0.25) is 17.2 Å². The van der Waals surface area contributed by atoms with Crippen LogP contribution >= 0.6 is 0 Å². The molecule has 5 N–H and O–H groups in total. The quantitative estimate of drug-likeness (QED) is 0.184. The summed E-state index contributed by atoms with van der Waals surface area (Å²) >= 11 is 0. The van der Waals surface area contributed by atoms with E-state index in [2.05, 4.69) is 0 Å². The Kier molecular flexibility index (Phi) is 4.08. The fourth-order valence-corrected chi connectivity index (χ4v) is 0.879. The Morgan fingerprint density at radius 2 is 1.07 bits per heavy atom. The SMILES string of the molecule is O=C([O-])c1c(O)c(O)c(O)c(O)c1O.[Na+]. The van der Waals surface area contributed by atoms with Crippen LogP contribution in [0.5, 0.6) is 28.7 Å². The third-order valence-electron chi connectivity index (χ3n) is 1.57. The van der Waals surface area contributed by atoms with Crippen molar-refractivity contribution >= 4 is 5.97 Å². The van der Waals surface area contributed by atoms with Gasteiger partial charge in [-0.2, -0.15) is 0 Å². The smallest absolute Gasteiger partial charge is 0.545 e. The number of hydrogen-bond acceptors (Lipinski definition) is 7. The number of carboxylic acid groups (broad SMARTS) is 1. The van der Waals surface area contributed by atoms with Gasteiger partial charge in [0, 0.05) is 0 Å². The number of carbonyl (C=O) groups excluding carboxylic acids is 1. The number of phenols is 5. The first-order valence-corrected chi connectivity index (χ1v) is 3.28. The largest absolute Gasteiger partial charge is 1.00 e. The van der Waals surface area contributed by atoms with Crippen LogP contribution in [0.3, 0.4) is 0 Å². The number of phenolic OH excluding ortho intramolecular Hbond substituents is 3. The van der Waals surface area contributed by atoms with Crippen LogP contribution in [0.1, 0.15) is 10.4 Å². The molecule has 0 aliphatic carbocycles. The molecule has 0 amide bonds. The van der Waals surface area contributed by atoms with Crippen LogP contribution in [-0.2, 0) is 0 Å². The predicted octanol–water partition coefficient (Wildman–Crippen LogP) is -4.42. The van der Waals surface area contributed by atoms with Crippen molar-refractivity contribution in [3.05, 3.63) is 5.56 Å². The molecule has 0 atom stereocenters. The average Bonchev–Trinajstić information content (AvgIpc) is 2.11. The van der Waals surface area contributed by atoms with Crippen molar-refractivity contribution in [2.75, 3.05) is 0 Å². The molecule has 1 rings (SSSR count). The summed E-state index contributed by atoms with van der Waals surface area (Å²) in [6.07, 6.45) is 0. The number of aromatic carboxylic acids is 1. The summed E-state index contributed by atoms with van der Waals surface area (Å²) < 4.78 is 0. The molecule has 76 valence electrons. The fraction of sp³-hybridized carbons (Fsp3) is 0. The Bertz CT molecular complexity index is 385. The number of aromatic hydroxyl groups is 5. The molecule has 0 spiro atoms. The number of carboxylic acids is 1. The maximum atomic E-state index is 10.3. The maximum absolute atomic E-state index is 10.3. The van der Waals surface area contributed by atoms with Gasteiger partial charge in [0.15, 0.2) is 11.5 Å². The minimum atomic E-state index is -2.01. The molecule has 1 aromatic rings. The first-order chi connectivity index (χ1) is 6.37. The van der Waals surface area contributed by atoms with Crippen LogP contribution in [0.25, 0.3) is 0 Å². The van der Waals surface area contributed by atoms with E-state index in [-0.39, 0.29) is 29.6 Å². The summed E-state index contributed by atoms with van der Waals surface area (Å²) in [5.41, 5.74) is -1.20. The van der Waals surface area contributed by atoms with E-state index >= 15 is 0 Å². The molecule has 7 nitrogen and oxygen atoms in total. The average molecular weight is 224 g/mol. The van der Waals surface area contributed by atoms with Crippen LogP contribution in [0, 0.1) is 0 Å². The van der Waals surface area contributed by atoms with E-state index in [1.165, 1.54) is 0 Å². The topological polar surface area (TPSA) is 141 Å². The van der Waals surface area contributed by atoms with Crippen LogP contribution in [0.2, 0.25) is 0 Å². The van der Waals surface area contributed by atoms with Gasteiger partial charge in [0.05, 0.1) is 11.5 Å². The van der Waals surface area contributed by atoms with Crippen molar-refractivity contribution < 1.29 is 65.0 Å². The summed E-state index contributed by atoms with van der Waals surface area (Å²) in [7, 11) is 0. The summed E-state index contributed by atoms with van der Waals surface area (Å²) in [5, 5.41) is 54.8. The van der Waals surface area contributed by atoms with E-state index < -0.39 is 40.3 Å². The molecular weight excluding hydrogens is 219 g/mol. The van der Waals surface area contributed by atoms with Crippen molar-refractivity contribution in [1.29, 1.82) is 0 Å². The molecule has 8 heteroatoms. The molecule has 0 saturated carbocycles. The monoisotopic (exact) mass is 224 g/mol. The zero-order chi connectivity index (χ0) is 11.0. The van der Waals surface area contributed by atoms with Crippen molar-refractivity contribution in [3.63, 3.8) is 0 Å². The van der Waals surface area contributed by atoms with Gasteiger partial charge in [-0.3, -0.25) is 0 Å². The van der Waals surface area contributed by atoms with E-state index in [0.29, 0.717) is 0 Å². The maximum Gasteiger partial charge on any atom is 1.00 e. The molecule has 0 fully saturated rings. The molecule has 0 saturated heterocycles. The number of hydrogen-bond donors (Lipinski definition) is 5. The van der Waals surface area contributed by atoms with Gasteiger partial charge >= 0.3 is 29.6 Å². The van der Waals surface area contributed by atoms with Crippen LogP contribution in [0.4, 0.5) is 0 Å². The molecule has 0 heterocycles. The molecular formula is C7H5NaO7. The second-order valence-electron chi connectivity index (χ2n) is 2.41. The molecule has 0 unspecified atom stereocenters. The van der Waals surface area contributed by atoms with Crippen molar-refractivity contribution in [3.8, 4) is 28.7 Å². The standard InChI is InChI=1S/C7H6O7.Na/c8-2-1(7(13)14)3(9)5(11)6(12)4(2)10;/h8-12H,(H,13,14);/q;+1/p-1. The third-order valence-corrected chi connectivity index (χ3v) is 1.57. The Morgan fingerprint density at radius 3 is 1.33 bits per heavy atom. The number of benzene rings is 1. The first-order valence-electron chi connectivity index (χ1n) is 3.28. The second kappa shape index (κ2) is 4.47. The Balaban J connectivity index is 0.00000196. The minimum Gasteiger partial charge on any atom is -0.545 e. The van der Waals surface area contributed by atoms with Gasteiger partial charge in [-0.05, 0) is 0 Å². The predicted molar refractivity (Wildman–Crippen MR) is 39.1 cm³/mol. The second-order valence-corrected chi connectivity index (χ2v) is 2.41. The number of rotatable bonds is 1. The van der Waals surface area contributed by atoms with E-state index in [1.807, 2.05) is 0 Å². The van der Waals surface area contributed by atoms with Gasteiger partial charge in [0.25, 0.3) is 0 Å². The Morgan fingerprint density at radius 1 is 0.800 bits per heavy atom. The molecule has 0 aliphatic rings. The van der Waals surface area contributed by atoms with Gasteiger partial charge < -0.3 is 35.4 Å². The summed E-state index contributed by atoms with van der Waals surface area (Å²) in [4.78, 5) is 10.3. The van der Waals surface area contributed by atoms with Crippen molar-refractivity contribution in [2.24, 2.45) is 0 Å². The Labute approximate surface area is 105 Å². The third kappa shape index (κ3) is 2.04. The Hall–Kier alpha value is -1.31. The molecule has 0 bridgehead atoms. The summed E-state index contributed by atoms with van der Waals surface area (Å²) in [5.74, 6) is -8.29. The zero-order valence-electron chi connectivity index (χ0n) is 7.55. The van der Waals surface area contributed by atoms with Crippen LogP contribution < -0.4 is 34.7 Å². The number of carbonyl (C=O) groups is 1. The van der Waals surface area contributed by atoms with Crippen molar-refractivity contribution in [2.45, 2.75) is 0 Å². The first kappa shape index (κ1) is 13.7. The van der Waals surface area contributed by atoms with Gasteiger partial charge in [-0.1, -0.05) is 0 Å². The van der Waals surface area contributed by atoms with Gasteiger partial charge in [-0.15, -0.1) is 0 Å². The van der Waals surface area contributed by atoms with Gasteiger partial charge in [-0.25, -0.2) is 0 Å². The van der Waals surface area contributed by atoms with E-state index in [9.17, 15) is 9.90 Å². The fourth-order valence-electron chi connectivity index (χ4n) is 0.879. The van der Waals surface area contributed by atoms with E-state index in [1.54, 1.807) is 0 Å². The van der Waals surface area contributed by atoms with Crippen LogP contribution in [-0.4, -0.2) is 31.5 Å². The molecule has 15 heavy (non-hydrogen) atoms. The van der Waals surface area contributed by atoms with Crippen LogP contribution in [0.15, 0.2) is 0 Å². The summed E-state index contributed by atoms with van der Waals surface area (Å²) in [6.45, 7) is 0. The van der Waals surface area contributed by atoms with E-state index in [0.717, 1.165) is 0 Å². The molecule has 0 aliphatic heterocycles. The molecule has 1 aromatic carbocycles. The van der Waals surface area contributed by atoms with E-state index in [4.69, 9.17) is 25.5 Å². The van der Waals surface area contributed by atoms with Gasteiger partial charge in [0.1, 0.15) is 0 Å². The molecule has 0 aromatic heterocycles. The molecule has 0 radical (unpaired) electrons. The summed E-state index contributed by atoms with van der Waals surface area (Å²) in [6, 6.07) is 0. The minimum absolute atomic E-state index is 0.